The first-order valence-electron chi connectivity index (χ1n) is 5.91. The molecule has 1 rings (SSSR count). The predicted octanol–water partition coefficient (Wildman–Crippen LogP) is 1.94. The molecule has 0 aromatic heterocycles. The van der Waals surface area contributed by atoms with Crippen LogP contribution in [0.4, 0.5) is 0 Å². The van der Waals surface area contributed by atoms with E-state index >= 15 is 0 Å². The lowest BCUT2D eigenvalue weighted by atomic mass is 10.1. The molecule has 1 aromatic carbocycles. The summed E-state index contributed by atoms with van der Waals surface area (Å²) in [4.78, 5) is 11.0. The number of benzene rings is 1. The Morgan fingerprint density at radius 3 is 2.82 bits per heavy atom. The second-order valence-corrected chi connectivity index (χ2v) is 3.59. The molecule has 0 atom stereocenters. The minimum atomic E-state index is -0.280. The maximum Gasteiger partial charge on any atom is 0.330 e. The van der Waals surface area contributed by atoms with E-state index in [-0.39, 0.29) is 5.97 Å². The first kappa shape index (κ1) is 13.5. The highest BCUT2D eigenvalue weighted by Crippen LogP contribution is 1.97. The van der Waals surface area contributed by atoms with Crippen LogP contribution < -0.4 is 5.32 Å². The molecule has 0 unspecified atom stereocenters. The van der Waals surface area contributed by atoms with Crippen LogP contribution in [0.2, 0.25) is 0 Å². The Kier molecular flexibility index (Phi) is 6.75. The number of hydrogen-bond donors (Lipinski definition) is 1. The summed E-state index contributed by atoms with van der Waals surface area (Å²) in [6.07, 6.45) is 4.23. The summed E-state index contributed by atoms with van der Waals surface area (Å²) in [6, 6.07) is 10.3. The maximum atomic E-state index is 11.0. The predicted molar refractivity (Wildman–Crippen MR) is 68.8 cm³/mol. The van der Waals surface area contributed by atoms with E-state index in [9.17, 15) is 4.79 Å². The van der Waals surface area contributed by atoms with Crippen molar-refractivity contribution < 1.29 is 9.53 Å². The summed E-state index contributed by atoms with van der Waals surface area (Å²) in [7, 11) is 0. The molecule has 17 heavy (non-hydrogen) atoms. The Balaban J connectivity index is 2.07. The fourth-order valence-electron chi connectivity index (χ4n) is 1.41. The summed E-state index contributed by atoms with van der Waals surface area (Å²) in [5, 5.41) is 3.24. The van der Waals surface area contributed by atoms with E-state index in [4.69, 9.17) is 4.74 Å². The van der Waals surface area contributed by atoms with E-state index in [1.807, 2.05) is 18.2 Å². The lowest BCUT2D eigenvalue weighted by molar-refractivity contribution is -0.137. The summed E-state index contributed by atoms with van der Waals surface area (Å²) < 4.78 is 4.76. The third kappa shape index (κ3) is 6.53. The highest BCUT2D eigenvalue weighted by molar-refractivity contribution is 5.81. The molecule has 3 heteroatoms. The van der Waals surface area contributed by atoms with Gasteiger partial charge in [0.15, 0.2) is 0 Å². The van der Waals surface area contributed by atoms with Crippen LogP contribution in [-0.4, -0.2) is 25.7 Å². The van der Waals surface area contributed by atoms with E-state index < -0.39 is 0 Å². The van der Waals surface area contributed by atoms with Gasteiger partial charge in [0, 0.05) is 12.6 Å². The third-order valence-corrected chi connectivity index (χ3v) is 2.24. The van der Waals surface area contributed by atoms with Gasteiger partial charge in [-0.25, -0.2) is 4.79 Å². The molecule has 1 N–H and O–H groups in total. The van der Waals surface area contributed by atoms with Crippen molar-refractivity contribution in [1.29, 1.82) is 0 Å². The van der Waals surface area contributed by atoms with Crippen molar-refractivity contribution >= 4 is 5.97 Å². The number of nitrogens with one attached hydrogen (secondary N) is 1. The molecule has 0 aliphatic carbocycles. The lowest BCUT2D eigenvalue weighted by Crippen LogP contribution is -2.17. The molecule has 0 aliphatic heterocycles. The largest absolute Gasteiger partial charge is 0.463 e. The molecule has 0 radical (unpaired) electrons. The fourth-order valence-corrected chi connectivity index (χ4v) is 1.41. The summed E-state index contributed by atoms with van der Waals surface area (Å²) in [5.74, 6) is -0.280. The van der Waals surface area contributed by atoms with Gasteiger partial charge in [-0.3, -0.25) is 0 Å². The van der Waals surface area contributed by atoms with Crippen molar-refractivity contribution in [2.45, 2.75) is 13.3 Å². The van der Waals surface area contributed by atoms with Gasteiger partial charge in [0.2, 0.25) is 0 Å². The lowest BCUT2D eigenvalue weighted by Gasteiger charge is -2.01. The molecular weight excluding hydrogens is 214 g/mol. The van der Waals surface area contributed by atoms with Crippen LogP contribution in [0.25, 0.3) is 0 Å². The SMILES string of the molecule is CCOC(=O)/C=C/CNCCc1ccccc1. The summed E-state index contributed by atoms with van der Waals surface area (Å²) >= 11 is 0. The van der Waals surface area contributed by atoms with Gasteiger partial charge in [0.25, 0.3) is 0 Å². The van der Waals surface area contributed by atoms with Crippen molar-refractivity contribution in [3.05, 3.63) is 48.0 Å². The number of hydrogen-bond acceptors (Lipinski definition) is 3. The van der Waals surface area contributed by atoms with Crippen molar-refractivity contribution in [1.82, 2.24) is 5.32 Å². The van der Waals surface area contributed by atoms with E-state index in [1.165, 1.54) is 11.6 Å². The van der Waals surface area contributed by atoms with Gasteiger partial charge in [-0.05, 0) is 25.5 Å². The zero-order valence-electron chi connectivity index (χ0n) is 10.2. The number of rotatable bonds is 7. The quantitative estimate of drug-likeness (QED) is 0.444. The highest BCUT2D eigenvalue weighted by atomic mass is 16.5. The zero-order valence-corrected chi connectivity index (χ0v) is 10.2. The summed E-state index contributed by atoms with van der Waals surface area (Å²) in [5.41, 5.74) is 1.31. The smallest absolute Gasteiger partial charge is 0.330 e. The Morgan fingerprint density at radius 2 is 2.12 bits per heavy atom. The standard InChI is InChI=1S/C14H19NO2/c1-2-17-14(16)9-6-11-15-12-10-13-7-4-3-5-8-13/h3-9,15H,2,10-12H2,1H3/b9-6+. The van der Waals surface area contributed by atoms with Crippen LogP contribution in [0.3, 0.4) is 0 Å². The molecule has 92 valence electrons. The van der Waals surface area contributed by atoms with Gasteiger partial charge in [-0.2, -0.15) is 0 Å². The maximum absolute atomic E-state index is 11.0. The Labute approximate surface area is 102 Å². The van der Waals surface area contributed by atoms with Crippen LogP contribution in [-0.2, 0) is 16.0 Å². The molecule has 3 nitrogen and oxygen atoms in total. The van der Waals surface area contributed by atoms with E-state index in [2.05, 4.69) is 17.4 Å². The van der Waals surface area contributed by atoms with Gasteiger partial charge < -0.3 is 10.1 Å². The van der Waals surface area contributed by atoms with Crippen molar-refractivity contribution in [3.63, 3.8) is 0 Å². The van der Waals surface area contributed by atoms with Crippen LogP contribution in [0.1, 0.15) is 12.5 Å². The fraction of sp³-hybridized carbons (Fsp3) is 0.357. The summed E-state index contributed by atoms with van der Waals surface area (Å²) in [6.45, 7) is 3.80. The molecule has 0 fully saturated rings. The number of carbonyl (C=O) groups excluding carboxylic acids is 1. The van der Waals surface area contributed by atoms with E-state index in [0.717, 1.165) is 13.0 Å². The zero-order chi connectivity index (χ0) is 12.3. The Hall–Kier alpha value is -1.61. The second kappa shape index (κ2) is 8.53. The number of ether oxygens (including phenoxy) is 1. The van der Waals surface area contributed by atoms with Gasteiger partial charge >= 0.3 is 5.97 Å². The average Bonchev–Trinajstić information content (AvgIpc) is 2.35. The normalized spacial score (nSPS) is 10.6. The van der Waals surface area contributed by atoms with Crippen LogP contribution in [0.15, 0.2) is 42.5 Å². The van der Waals surface area contributed by atoms with Crippen LogP contribution in [0, 0.1) is 0 Å². The van der Waals surface area contributed by atoms with Gasteiger partial charge in [0.05, 0.1) is 6.61 Å². The molecule has 0 saturated carbocycles. The van der Waals surface area contributed by atoms with Gasteiger partial charge in [-0.15, -0.1) is 0 Å². The molecule has 0 aliphatic rings. The van der Waals surface area contributed by atoms with E-state index in [1.54, 1.807) is 13.0 Å². The van der Waals surface area contributed by atoms with E-state index in [0.29, 0.717) is 13.2 Å². The van der Waals surface area contributed by atoms with Gasteiger partial charge in [0.1, 0.15) is 0 Å². The second-order valence-electron chi connectivity index (χ2n) is 3.59. The topological polar surface area (TPSA) is 38.3 Å². The highest BCUT2D eigenvalue weighted by Gasteiger charge is 1.92. The van der Waals surface area contributed by atoms with Crippen molar-refractivity contribution in [2.75, 3.05) is 19.7 Å². The van der Waals surface area contributed by atoms with Crippen LogP contribution in [0.5, 0.6) is 0 Å². The van der Waals surface area contributed by atoms with Crippen molar-refractivity contribution in [2.24, 2.45) is 0 Å². The average molecular weight is 233 g/mol. The molecule has 0 spiro atoms. The molecule has 1 aromatic rings. The Bertz CT molecular complexity index is 346. The molecule has 0 bridgehead atoms. The Morgan fingerprint density at radius 1 is 1.35 bits per heavy atom. The first-order valence-corrected chi connectivity index (χ1v) is 5.91. The van der Waals surface area contributed by atoms with Crippen molar-refractivity contribution in [3.8, 4) is 0 Å². The molecule has 0 saturated heterocycles. The number of esters is 1. The molecule has 0 heterocycles. The molecular formula is C14H19NO2. The minimum absolute atomic E-state index is 0.280. The van der Waals surface area contributed by atoms with Gasteiger partial charge in [-0.1, -0.05) is 36.4 Å². The van der Waals surface area contributed by atoms with Crippen LogP contribution >= 0.6 is 0 Å². The minimum Gasteiger partial charge on any atom is -0.463 e. The monoisotopic (exact) mass is 233 g/mol. The molecule has 0 amide bonds. The third-order valence-electron chi connectivity index (χ3n) is 2.24. The first-order chi connectivity index (χ1) is 8.33. The number of carbonyl (C=O) groups is 1.